The third-order valence-corrected chi connectivity index (χ3v) is 7.96. The van der Waals surface area contributed by atoms with E-state index >= 15 is 0 Å². The van der Waals surface area contributed by atoms with Gasteiger partial charge in [0.05, 0.1) is 0 Å². The van der Waals surface area contributed by atoms with E-state index in [0.717, 1.165) is 12.0 Å². The molecule has 0 radical (unpaired) electrons. The first-order valence-electron chi connectivity index (χ1n) is 13.6. The molecule has 0 heterocycles. The number of nitrogens with one attached hydrogen (secondary N) is 1. The lowest BCUT2D eigenvalue weighted by Gasteiger charge is -2.28. The number of rotatable bonds is 15. The topological polar surface area (TPSA) is 12.0 Å². The van der Waals surface area contributed by atoms with Crippen LogP contribution in [-0.4, -0.2) is 12.6 Å². The molecule has 1 nitrogen and oxygen atoms in total. The SMILES string of the molecule is CCC(C)(C)CCCC(CCCCC(C)(C)Cc1ccccc1)CNC1CCCCC1. The predicted molar refractivity (Wildman–Crippen MR) is 139 cm³/mol. The minimum absolute atomic E-state index is 0.405. The molecule has 1 heteroatoms. The van der Waals surface area contributed by atoms with Crippen LogP contribution in [0.4, 0.5) is 0 Å². The second-order valence-corrected chi connectivity index (χ2v) is 12.1. The second kappa shape index (κ2) is 13.7. The van der Waals surface area contributed by atoms with Crippen LogP contribution in [0.2, 0.25) is 0 Å². The van der Waals surface area contributed by atoms with Crippen LogP contribution in [0.5, 0.6) is 0 Å². The highest BCUT2D eigenvalue weighted by molar-refractivity contribution is 5.16. The molecule has 0 spiro atoms. The summed E-state index contributed by atoms with van der Waals surface area (Å²) in [5.41, 5.74) is 2.41. The molecule has 0 saturated heterocycles. The molecular weight excluding hydrogens is 374 g/mol. The molecular formula is C30H53N. The molecule has 1 aromatic carbocycles. The van der Waals surface area contributed by atoms with Gasteiger partial charge in [0.2, 0.25) is 0 Å². The minimum atomic E-state index is 0.405. The molecule has 31 heavy (non-hydrogen) atoms. The Morgan fingerprint density at radius 2 is 1.48 bits per heavy atom. The Labute approximate surface area is 195 Å². The van der Waals surface area contributed by atoms with Crippen molar-refractivity contribution in [2.45, 2.75) is 131 Å². The van der Waals surface area contributed by atoms with Gasteiger partial charge in [0, 0.05) is 6.04 Å². The van der Waals surface area contributed by atoms with Crippen molar-refractivity contribution < 1.29 is 0 Å². The summed E-state index contributed by atoms with van der Waals surface area (Å²) in [6.45, 7) is 13.4. The zero-order chi connectivity index (χ0) is 22.6. The highest BCUT2D eigenvalue weighted by Crippen LogP contribution is 2.31. The van der Waals surface area contributed by atoms with Crippen molar-refractivity contribution in [3.05, 3.63) is 35.9 Å². The highest BCUT2D eigenvalue weighted by atomic mass is 14.9. The Morgan fingerprint density at radius 1 is 0.839 bits per heavy atom. The van der Waals surface area contributed by atoms with Gasteiger partial charge in [-0.25, -0.2) is 0 Å². The van der Waals surface area contributed by atoms with Crippen LogP contribution in [0.15, 0.2) is 30.3 Å². The Kier molecular flexibility index (Phi) is 11.7. The maximum atomic E-state index is 3.97. The van der Waals surface area contributed by atoms with Crippen molar-refractivity contribution in [2.24, 2.45) is 16.7 Å². The van der Waals surface area contributed by atoms with Gasteiger partial charge in [-0.2, -0.15) is 0 Å². The molecule has 1 aliphatic rings. The Hall–Kier alpha value is -0.820. The van der Waals surface area contributed by atoms with Crippen LogP contribution in [0.1, 0.15) is 124 Å². The van der Waals surface area contributed by atoms with E-state index in [1.165, 1.54) is 102 Å². The quantitative estimate of drug-likeness (QED) is 0.275. The normalized spacial score (nSPS) is 17.1. The van der Waals surface area contributed by atoms with Crippen LogP contribution in [0.25, 0.3) is 0 Å². The fourth-order valence-electron chi connectivity index (χ4n) is 5.31. The number of hydrogen-bond acceptors (Lipinski definition) is 1. The van der Waals surface area contributed by atoms with Crippen molar-refractivity contribution in [1.29, 1.82) is 0 Å². The summed E-state index contributed by atoms with van der Waals surface area (Å²) in [6.07, 6.45) is 19.3. The van der Waals surface area contributed by atoms with E-state index in [4.69, 9.17) is 0 Å². The summed E-state index contributed by atoms with van der Waals surface area (Å²) in [5.74, 6) is 0.867. The average molecular weight is 428 g/mol. The van der Waals surface area contributed by atoms with Gasteiger partial charge in [-0.3, -0.25) is 0 Å². The van der Waals surface area contributed by atoms with Gasteiger partial charge < -0.3 is 5.32 Å². The van der Waals surface area contributed by atoms with Crippen LogP contribution in [0, 0.1) is 16.7 Å². The van der Waals surface area contributed by atoms with Gasteiger partial charge in [-0.05, 0) is 73.8 Å². The molecule has 2 rings (SSSR count). The molecule has 178 valence electrons. The minimum Gasteiger partial charge on any atom is -0.314 e. The van der Waals surface area contributed by atoms with Crippen molar-refractivity contribution in [3.8, 4) is 0 Å². The average Bonchev–Trinajstić information content (AvgIpc) is 2.75. The first kappa shape index (κ1) is 26.4. The van der Waals surface area contributed by atoms with E-state index in [-0.39, 0.29) is 0 Å². The number of unbranched alkanes of at least 4 members (excludes halogenated alkanes) is 1. The Morgan fingerprint density at radius 3 is 2.16 bits per heavy atom. The summed E-state index contributed by atoms with van der Waals surface area (Å²) >= 11 is 0. The van der Waals surface area contributed by atoms with Crippen molar-refractivity contribution in [3.63, 3.8) is 0 Å². The van der Waals surface area contributed by atoms with E-state index in [1.54, 1.807) is 0 Å². The lowest BCUT2D eigenvalue weighted by molar-refractivity contribution is 0.272. The monoisotopic (exact) mass is 427 g/mol. The molecule has 0 amide bonds. The molecule has 1 aromatic rings. The van der Waals surface area contributed by atoms with Gasteiger partial charge >= 0.3 is 0 Å². The summed E-state index contributed by atoms with van der Waals surface area (Å²) in [6, 6.07) is 11.8. The third-order valence-electron chi connectivity index (χ3n) is 7.96. The molecule has 1 aliphatic carbocycles. The van der Waals surface area contributed by atoms with E-state index < -0.39 is 0 Å². The summed E-state index contributed by atoms with van der Waals surface area (Å²) in [4.78, 5) is 0. The van der Waals surface area contributed by atoms with Crippen LogP contribution in [-0.2, 0) is 6.42 Å². The fourth-order valence-corrected chi connectivity index (χ4v) is 5.31. The number of hydrogen-bond donors (Lipinski definition) is 1. The van der Waals surface area contributed by atoms with Gasteiger partial charge in [-0.15, -0.1) is 0 Å². The van der Waals surface area contributed by atoms with Gasteiger partial charge in [0.15, 0.2) is 0 Å². The highest BCUT2D eigenvalue weighted by Gasteiger charge is 2.20. The fraction of sp³-hybridized carbons (Fsp3) is 0.800. The van der Waals surface area contributed by atoms with Crippen LogP contribution >= 0.6 is 0 Å². The first-order valence-corrected chi connectivity index (χ1v) is 13.6. The molecule has 0 aliphatic heterocycles. The Balaban J connectivity index is 1.74. The molecule has 1 fully saturated rings. The summed E-state index contributed by atoms with van der Waals surface area (Å²) in [5, 5.41) is 3.97. The van der Waals surface area contributed by atoms with Crippen LogP contribution < -0.4 is 5.32 Å². The molecule has 1 N–H and O–H groups in total. The largest absolute Gasteiger partial charge is 0.314 e. The molecule has 1 saturated carbocycles. The van der Waals surface area contributed by atoms with E-state index in [9.17, 15) is 0 Å². The van der Waals surface area contributed by atoms with Gasteiger partial charge in [0.1, 0.15) is 0 Å². The zero-order valence-corrected chi connectivity index (χ0v) is 21.6. The van der Waals surface area contributed by atoms with Gasteiger partial charge in [0.25, 0.3) is 0 Å². The molecule has 0 bridgehead atoms. The first-order chi connectivity index (χ1) is 14.8. The maximum Gasteiger partial charge on any atom is 0.00671 e. The van der Waals surface area contributed by atoms with Crippen molar-refractivity contribution in [1.82, 2.24) is 5.32 Å². The number of benzene rings is 1. The predicted octanol–water partition coefficient (Wildman–Crippen LogP) is 8.96. The van der Waals surface area contributed by atoms with E-state index in [1.807, 2.05) is 0 Å². The second-order valence-electron chi connectivity index (χ2n) is 12.1. The van der Waals surface area contributed by atoms with Crippen LogP contribution in [0.3, 0.4) is 0 Å². The summed E-state index contributed by atoms with van der Waals surface area (Å²) in [7, 11) is 0. The lowest BCUT2D eigenvalue weighted by Crippen LogP contribution is -2.35. The van der Waals surface area contributed by atoms with Crippen molar-refractivity contribution in [2.75, 3.05) is 6.54 Å². The van der Waals surface area contributed by atoms with Crippen molar-refractivity contribution >= 4 is 0 Å². The lowest BCUT2D eigenvalue weighted by atomic mass is 9.80. The standard InChI is InChI=1S/C30H53N/c1-6-29(2,3)23-15-19-27(25-31-28-20-11-8-12-21-28)18-13-14-22-30(4,5)24-26-16-9-7-10-17-26/h7,9-10,16-17,27-28,31H,6,8,11-15,18-25H2,1-5H3. The smallest absolute Gasteiger partial charge is 0.00671 e. The summed E-state index contributed by atoms with van der Waals surface area (Å²) < 4.78 is 0. The molecule has 1 unspecified atom stereocenters. The van der Waals surface area contributed by atoms with Gasteiger partial charge in [-0.1, -0.05) is 110 Å². The van der Waals surface area contributed by atoms with E-state index in [2.05, 4.69) is 70.3 Å². The van der Waals surface area contributed by atoms with E-state index in [0.29, 0.717) is 10.8 Å². The maximum absolute atomic E-state index is 3.97. The third kappa shape index (κ3) is 11.6. The molecule has 1 atom stereocenters. The Bertz CT molecular complexity index is 567. The zero-order valence-electron chi connectivity index (χ0n) is 21.6. The molecule has 0 aromatic heterocycles.